The van der Waals surface area contributed by atoms with E-state index in [1.54, 1.807) is 0 Å². The van der Waals surface area contributed by atoms with Crippen molar-refractivity contribution in [3.8, 4) is 0 Å². The highest BCUT2D eigenvalue weighted by Gasteiger charge is 2.31. The van der Waals surface area contributed by atoms with E-state index in [4.69, 9.17) is 9.15 Å². The molecule has 0 atom stereocenters. The predicted octanol–water partition coefficient (Wildman–Crippen LogP) is 2.68. The lowest BCUT2D eigenvalue weighted by Gasteiger charge is -2.36. The summed E-state index contributed by atoms with van der Waals surface area (Å²) in [6, 6.07) is 6.33. The summed E-state index contributed by atoms with van der Waals surface area (Å²) in [6.07, 6.45) is 1.67. The van der Waals surface area contributed by atoms with Gasteiger partial charge in [-0.25, -0.2) is 0 Å². The van der Waals surface area contributed by atoms with Crippen molar-refractivity contribution in [1.82, 2.24) is 5.32 Å². The van der Waals surface area contributed by atoms with Crippen LogP contribution in [0.3, 0.4) is 0 Å². The number of hydrogen-bond acceptors (Lipinski definition) is 4. The molecule has 2 heterocycles. The molecule has 114 valence electrons. The second-order valence-electron chi connectivity index (χ2n) is 6.09. The van der Waals surface area contributed by atoms with Gasteiger partial charge in [0.15, 0.2) is 0 Å². The number of ether oxygens (including phenoxy) is 1. The highest BCUT2D eigenvalue weighted by molar-refractivity contribution is 5.79. The average Bonchev–Trinajstić information content (AvgIpc) is 2.88. The molecule has 1 aromatic heterocycles. The Morgan fingerprint density at radius 3 is 2.57 bits per heavy atom. The lowest BCUT2D eigenvalue weighted by atomic mass is 9.91. The molecule has 2 aromatic rings. The molecule has 0 radical (unpaired) electrons. The molecular formula is C17H23NO3. The van der Waals surface area contributed by atoms with E-state index < -0.39 is 0 Å². The molecule has 1 aromatic carbocycles. The quantitative estimate of drug-likeness (QED) is 0.908. The van der Waals surface area contributed by atoms with Crippen molar-refractivity contribution in [2.24, 2.45) is 0 Å². The van der Waals surface area contributed by atoms with Gasteiger partial charge in [0.25, 0.3) is 0 Å². The van der Waals surface area contributed by atoms with Crippen LogP contribution in [0, 0.1) is 13.8 Å². The first kappa shape index (κ1) is 14.6. The molecule has 2 N–H and O–H groups in total. The van der Waals surface area contributed by atoms with Gasteiger partial charge < -0.3 is 19.6 Å². The fourth-order valence-corrected chi connectivity index (χ4v) is 2.87. The van der Waals surface area contributed by atoms with E-state index in [0.29, 0.717) is 19.8 Å². The highest BCUT2D eigenvalue weighted by Crippen LogP contribution is 2.25. The monoisotopic (exact) mass is 289 g/mol. The fraction of sp³-hybridized carbons (Fsp3) is 0.529. The number of nitrogens with one attached hydrogen (secondary N) is 1. The highest BCUT2D eigenvalue weighted by atomic mass is 16.5. The van der Waals surface area contributed by atoms with Gasteiger partial charge in [-0.05, 0) is 56.0 Å². The van der Waals surface area contributed by atoms with E-state index >= 15 is 0 Å². The number of aryl methyl sites for hydroxylation is 2. The summed E-state index contributed by atoms with van der Waals surface area (Å²) in [4.78, 5) is 0. The Morgan fingerprint density at radius 1 is 1.14 bits per heavy atom. The van der Waals surface area contributed by atoms with E-state index in [-0.39, 0.29) is 12.1 Å². The van der Waals surface area contributed by atoms with Gasteiger partial charge in [0, 0.05) is 24.1 Å². The minimum atomic E-state index is -0.233. The third-order valence-corrected chi connectivity index (χ3v) is 4.57. The number of aliphatic hydroxyl groups excluding tert-OH is 1. The van der Waals surface area contributed by atoms with E-state index in [2.05, 4.69) is 37.4 Å². The number of rotatable bonds is 4. The molecule has 1 aliphatic heterocycles. The van der Waals surface area contributed by atoms with Crippen molar-refractivity contribution in [2.45, 2.75) is 38.8 Å². The first-order valence-electron chi connectivity index (χ1n) is 7.55. The smallest absolute Gasteiger partial charge is 0.134 e. The number of benzene rings is 1. The molecule has 1 fully saturated rings. The van der Waals surface area contributed by atoms with Crippen LogP contribution >= 0.6 is 0 Å². The van der Waals surface area contributed by atoms with E-state index in [1.807, 2.05) is 0 Å². The van der Waals surface area contributed by atoms with Crippen LogP contribution in [0.15, 0.2) is 22.6 Å². The van der Waals surface area contributed by atoms with Crippen molar-refractivity contribution in [1.29, 1.82) is 0 Å². The molecule has 4 heteroatoms. The molecule has 0 aliphatic carbocycles. The van der Waals surface area contributed by atoms with Crippen LogP contribution < -0.4 is 5.32 Å². The first-order chi connectivity index (χ1) is 10.1. The Kier molecular flexibility index (Phi) is 4.02. The maximum absolute atomic E-state index is 9.68. The van der Waals surface area contributed by atoms with Gasteiger partial charge in [-0.2, -0.15) is 0 Å². The SMILES string of the molecule is Cc1cc2cc(CNC3(CO)CCOCC3)oc2cc1C. The van der Waals surface area contributed by atoms with Gasteiger partial charge in [-0.3, -0.25) is 0 Å². The molecule has 1 aliphatic rings. The van der Waals surface area contributed by atoms with Gasteiger partial charge in [-0.15, -0.1) is 0 Å². The lowest BCUT2D eigenvalue weighted by Crippen LogP contribution is -2.51. The number of furan rings is 1. The first-order valence-corrected chi connectivity index (χ1v) is 7.55. The maximum Gasteiger partial charge on any atom is 0.134 e. The van der Waals surface area contributed by atoms with Crippen molar-refractivity contribution in [3.63, 3.8) is 0 Å². The van der Waals surface area contributed by atoms with Gasteiger partial charge in [-0.1, -0.05) is 0 Å². The third kappa shape index (κ3) is 2.98. The molecule has 21 heavy (non-hydrogen) atoms. The number of fused-ring (bicyclic) bond motifs is 1. The largest absolute Gasteiger partial charge is 0.460 e. The summed E-state index contributed by atoms with van der Waals surface area (Å²) < 4.78 is 11.3. The zero-order valence-corrected chi connectivity index (χ0v) is 12.7. The topological polar surface area (TPSA) is 54.6 Å². The Balaban J connectivity index is 1.75. The zero-order valence-electron chi connectivity index (χ0n) is 12.7. The van der Waals surface area contributed by atoms with Gasteiger partial charge in [0.05, 0.1) is 13.2 Å². The van der Waals surface area contributed by atoms with Crippen molar-refractivity contribution in [3.05, 3.63) is 35.1 Å². The summed E-state index contributed by atoms with van der Waals surface area (Å²) in [7, 11) is 0. The lowest BCUT2D eigenvalue weighted by molar-refractivity contribution is 0.0105. The average molecular weight is 289 g/mol. The fourth-order valence-electron chi connectivity index (χ4n) is 2.87. The standard InChI is InChI=1S/C17H23NO3/c1-12-7-14-9-15(21-16(14)8-13(12)2)10-18-17(11-19)3-5-20-6-4-17/h7-9,18-19H,3-6,10-11H2,1-2H3. The predicted molar refractivity (Wildman–Crippen MR) is 82.4 cm³/mol. The Bertz CT molecular complexity index is 587. The summed E-state index contributed by atoms with van der Waals surface area (Å²) in [5.41, 5.74) is 3.22. The molecule has 0 amide bonds. The Labute approximate surface area is 125 Å². The molecule has 1 saturated heterocycles. The number of aliphatic hydroxyl groups is 1. The van der Waals surface area contributed by atoms with Crippen molar-refractivity contribution >= 4 is 11.0 Å². The molecule has 4 nitrogen and oxygen atoms in total. The minimum absolute atomic E-state index is 0.134. The zero-order chi connectivity index (χ0) is 14.9. The summed E-state index contributed by atoms with van der Waals surface area (Å²) >= 11 is 0. The minimum Gasteiger partial charge on any atom is -0.460 e. The summed E-state index contributed by atoms with van der Waals surface area (Å²) in [5.74, 6) is 0.911. The molecule has 0 spiro atoms. The molecule has 3 rings (SSSR count). The Morgan fingerprint density at radius 2 is 1.86 bits per heavy atom. The van der Waals surface area contributed by atoms with Gasteiger partial charge >= 0.3 is 0 Å². The maximum atomic E-state index is 9.68. The van der Waals surface area contributed by atoms with E-state index in [1.165, 1.54) is 11.1 Å². The summed E-state index contributed by atoms with van der Waals surface area (Å²) in [5, 5.41) is 14.3. The van der Waals surface area contributed by atoms with Crippen LogP contribution in [0.2, 0.25) is 0 Å². The van der Waals surface area contributed by atoms with Crippen molar-refractivity contribution in [2.75, 3.05) is 19.8 Å². The van der Waals surface area contributed by atoms with E-state index in [9.17, 15) is 5.11 Å². The molecule has 0 bridgehead atoms. The van der Waals surface area contributed by atoms with E-state index in [0.717, 1.165) is 29.6 Å². The normalized spacial score (nSPS) is 18.2. The number of hydrogen-bond donors (Lipinski definition) is 2. The second kappa shape index (κ2) is 5.79. The van der Waals surface area contributed by atoms with Crippen LogP contribution in [0.5, 0.6) is 0 Å². The Hall–Kier alpha value is -1.36. The van der Waals surface area contributed by atoms with Crippen LogP contribution in [-0.4, -0.2) is 30.5 Å². The molecule has 0 saturated carbocycles. The molecule has 0 unspecified atom stereocenters. The van der Waals surface area contributed by atoms with Crippen LogP contribution in [0.4, 0.5) is 0 Å². The third-order valence-electron chi connectivity index (χ3n) is 4.57. The van der Waals surface area contributed by atoms with Crippen LogP contribution in [0.1, 0.15) is 29.7 Å². The summed E-state index contributed by atoms with van der Waals surface area (Å²) in [6.45, 7) is 6.38. The van der Waals surface area contributed by atoms with Gasteiger partial charge in [0.1, 0.15) is 11.3 Å². The van der Waals surface area contributed by atoms with Gasteiger partial charge in [0.2, 0.25) is 0 Å². The van der Waals surface area contributed by atoms with Crippen LogP contribution in [-0.2, 0) is 11.3 Å². The molecular weight excluding hydrogens is 266 g/mol. The van der Waals surface area contributed by atoms with Crippen molar-refractivity contribution < 1.29 is 14.3 Å². The van der Waals surface area contributed by atoms with Crippen LogP contribution in [0.25, 0.3) is 11.0 Å². The second-order valence-corrected chi connectivity index (χ2v) is 6.09.